The van der Waals surface area contributed by atoms with Crippen molar-refractivity contribution in [2.45, 2.75) is 26.0 Å². The number of hydrogen-bond donors (Lipinski definition) is 2. The number of hydrogen-bond acceptors (Lipinski definition) is 4. The summed E-state index contributed by atoms with van der Waals surface area (Å²) >= 11 is 0. The maximum absolute atomic E-state index is 13.4. The molecule has 1 aliphatic heterocycles. The van der Waals surface area contributed by atoms with Crippen LogP contribution in [0.3, 0.4) is 0 Å². The van der Waals surface area contributed by atoms with E-state index in [-0.39, 0.29) is 36.2 Å². The molecule has 160 valence electrons. The van der Waals surface area contributed by atoms with Crippen molar-refractivity contribution in [2.75, 3.05) is 13.2 Å². The molecule has 6 nitrogen and oxygen atoms in total. The molecule has 3 aromatic rings. The Morgan fingerprint density at radius 1 is 1.16 bits per heavy atom. The first-order chi connectivity index (χ1) is 14.9. The van der Waals surface area contributed by atoms with Crippen LogP contribution in [0, 0.1) is 5.82 Å². The Kier molecular flexibility index (Phi) is 5.61. The summed E-state index contributed by atoms with van der Waals surface area (Å²) < 4.78 is 19.0. The average Bonchev–Trinajstić information content (AvgIpc) is 3.28. The van der Waals surface area contributed by atoms with Crippen LogP contribution in [0.5, 0.6) is 0 Å². The number of nitrogens with zero attached hydrogens (tertiary/aromatic N) is 1. The second kappa shape index (κ2) is 8.35. The Bertz CT molecular complexity index is 1160. The largest absolute Gasteiger partial charge is 0.507 e. The lowest BCUT2D eigenvalue weighted by molar-refractivity contribution is -0.140. The van der Waals surface area contributed by atoms with Crippen molar-refractivity contribution in [3.63, 3.8) is 0 Å². The fraction of sp³-hybridized carbons (Fsp3) is 0.250. The summed E-state index contributed by atoms with van der Waals surface area (Å²) in [7, 11) is 0. The first-order valence-corrected chi connectivity index (χ1v) is 10.1. The highest BCUT2D eigenvalue weighted by molar-refractivity contribution is 6.46. The number of ketones is 1. The molecule has 0 spiro atoms. The number of fused-ring (bicyclic) bond motifs is 1. The number of carbonyl (C=O) groups is 2. The van der Waals surface area contributed by atoms with Crippen molar-refractivity contribution in [1.82, 2.24) is 9.88 Å². The Morgan fingerprint density at radius 3 is 2.58 bits per heavy atom. The number of aromatic nitrogens is 1. The van der Waals surface area contributed by atoms with Crippen molar-refractivity contribution in [2.24, 2.45) is 0 Å². The van der Waals surface area contributed by atoms with Gasteiger partial charge >= 0.3 is 0 Å². The van der Waals surface area contributed by atoms with Crippen molar-refractivity contribution >= 4 is 28.4 Å². The van der Waals surface area contributed by atoms with Crippen LogP contribution in [0.15, 0.2) is 60.3 Å². The number of aliphatic hydroxyl groups is 1. The lowest BCUT2D eigenvalue weighted by Crippen LogP contribution is -2.33. The number of nitrogens with one attached hydrogen (secondary N) is 1. The predicted molar refractivity (Wildman–Crippen MR) is 115 cm³/mol. The van der Waals surface area contributed by atoms with Gasteiger partial charge in [0.25, 0.3) is 11.7 Å². The number of aromatic amines is 1. The van der Waals surface area contributed by atoms with Gasteiger partial charge in [-0.1, -0.05) is 18.2 Å². The summed E-state index contributed by atoms with van der Waals surface area (Å²) in [5.41, 5.74) is 1.79. The molecule has 2 heterocycles. The molecule has 1 aliphatic rings. The molecule has 1 saturated heterocycles. The van der Waals surface area contributed by atoms with Gasteiger partial charge in [-0.3, -0.25) is 9.59 Å². The number of aliphatic hydroxyl groups excluding tert-OH is 1. The highest BCUT2D eigenvalue weighted by Gasteiger charge is 2.46. The normalized spacial score (nSPS) is 18.5. The van der Waals surface area contributed by atoms with Gasteiger partial charge < -0.3 is 19.7 Å². The molecule has 2 aromatic carbocycles. The van der Waals surface area contributed by atoms with Crippen LogP contribution < -0.4 is 0 Å². The smallest absolute Gasteiger partial charge is 0.295 e. The number of para-hydroxylation sites is 1. The minimum Gasteiger partial charge on any atom is -0.507 e. The standard InChI is InChI=1S/C24H23FN2O4/c1-14(2)31-12-11-27-21(18-13-26-19-6-4-3-5-17(18)19)20(23(29)24(27)30)22(28)15-7-9-16(25)10-8-15/h3-10,13-14,21,26,28H,11-12H2,1-2H3/b22-20+. The summed E-state index contributed by atoms with van der Waals surface area (Å²) in [4.78, 5) is 30.5. The highest BCUT2D eigenvalue weighted by atomic mass is 19.1. The quantitative estimate of drug-likeness (QED) is 0.355. The van der Waals surface area contributed by atoms with Crippen LogP contribution in [0.4, 0.5) is 4.39 Å². The molecule has 1 fully saturated rings. The first kappa shape index (κ1) is 20.8. The molecule has 1 amide bonds. The fourth-order valence-corrected chi connectivity index (χ4v) is 3.90. The van der Waals surface area contributed by atoms with E-state index in [1.807, 2.05) is 38.1 Å². The number of H-pyrrole nitrogens is 1. The number of benzene rings is 2. The van der Waals surface area contributed by atoms with Gasteiger partial charge in [0.15, 0.2) is 0 Å². The van der Waals surface area contributed by atoms with Crippen LogP contribution in [0.25, 0.3) is 16.7 Å². The van der Waals surface area contributed by atoms with E-state index in [0.717, 1.165) is 10.9 Å². The Hall–Kier alpha value is -3.45. The van der Waals surface area contributed by atoms with Crippen molar-refractivity contribution < 1.29 is 23.8 Å². The lowest BCUT2D eigenvalue weighted by Gasteiger charge is -2.25. The molecular formula is C24H23FN2O4. The van der Waals surface area contributed by atoms with E-state index in [2.05, 4.69) is 4.98 Å². The number of ether oxygens (including phenoxy) is 1. The second-order valence-corrected chi connectivity index (χ2v) is 7.71. The molecule has 1 atom stereocenters. The molecule has 1 aromatic heterocycles. The molecule has 31 heavy (non-hydrogen) atoms. The summed E-state index contributed by atoms with van der Waals surface area (Å²) in [6, 6.07) is 11.9. The van der Waals surface area contributed by atoms with E-state index in [1.54, 1.807) is 6.20 Å². The third kappa shape index (κ3) is 3.84. The number of likely N-dealkylation sites (tertiary alicyclic amines) is 1. The van der Waals surface area contributed by atoms with Gasteiger partial charge in [0.05, 0.1) is 24.3 Å². The minimum absolute atomic E-state index is 0.0223. The van der Waals surface area contributed by atoms with Crippen LogP contribution in [-0.4, -0.2) is 45.9 Å². The topological polar surface area (TPSA) is 82.6 Å². The minimum atomic E-state index is -0.794. The van der Waals surface area contributed by atoms with Gasteiger partial charge in [-0.05, 0) is 44.2 Å². The molecule has 4 rings (SSSR count). The van der Waals surface area contributed by atoms with Gasteiger partial charge in [-0.15, -0.1) is 0 Å². The van der Waals surface area contributed by atoms with Gasteiger partial charge in [0.1, 0.15) is 11.6 Å². The maximum Gasteiger partial charge on any atom is 0.295 e. The highest BCUT2D eigenvalue weighted by Crippen LogP contribution is 2.41. The first-order valence-electron chi connectivity index (χ1n) is 10.1. The third-order valence-corrected chi connectivity index (χ3v) is 5.36. The number of carbonyl (C=O) groups excluding carboxylic acids is 2. The average molecular weight is 422 g/mol. The van der Waals surface area contributed by atoms with E-state index < -0.39 is 23.5 Å². The van der Waals surface area contributed by atoms with Gasteiger partial charge in [-0.2, -0.15) is 0 Å². The fourth-order valence-electron chi connectivity index (χ4n) is 3.90. The number of amides is 1. The van der Waals surface area contributed by atoms with Crippen LogP contribution in [-0.2, 0) is 14.3 Å². The van der Waals surface area contributed by atoms with Crippen LogP contribution in [0.2, 0.25) is 0 Å². The monoisotopic (exact) mass is 422 g/mol. The molecule has 2 N–H and O–H groups in total. The zero-order valence-corrected chi connectivity index (χ0v) is 17.3. The second-order valence-electron chi connectivity index (χ2n) is 7.71. The summed E-state index contributed by atoms with van der Waals surface area (Å²) in [5.74, 6) is -2.27. The Balaban J connectivity index is 1.85. The van der Waals surface area contributed by atoms with Crippen LogP contribution in [0.1, 0.15) is 31.0 Å². The molecule has 0 radical (unpaired) electrons. The zero-order chi connectivity index (χ0) is 22.1. The Labute approximate surface area is 178 Å². The SMILES string of the molecule is CC(C)OCCN1C(=O)C(=O)/C(=C(/O)c2ccc(F)cc2)C1c1c[nH]c2ccccc12. The summed E-state index contributed by atoms with van der Waals surface area (Å²) in [5, 5.41) is 11.8. The number of rotatable bonds is 6. The summed E-state index contributed by atoms with van der Waals surface area (Å²) in [6.45, 7) is 4.22. The van der Waals surface area contributed by atoms with Gasteiger partial charge in [0.2, 0.25) is 0 Å². The lowest BCUT2D eigenvalue weighted by atomic mass is 9.95. The number of halogens is 1. The molecular weight excluding hydrogens is 399 g/mol. The molecule has 0 bridgehead atoms. The van der Waals surface area contributed by atoms with E-state index in [9.17, 15) is 19.1 Å². The zero-order valence-electron chi connectivity index (χ0n) is 17.3. The van der Waals surface area contributed by atoms with Crippen molar-refractivity contribution in [3.05, 3.63) is 77.2 Å². The Morgan fingerprint density at radius 2 is 1.87 bits per heavy atom. The molecule has 0 saturated carbocycles. The predicted octanol–water partition coefficient (Wildman–Crippen LogP) is 4.15. The van der Waals surface area contributed by atoms with E-state index in [1.165, 1.54) is 29.2 Å². The third-order valence-electron chi connectivity index (χ3n) is 5.36. The molecule has 0 aliphatic carbocycles. The van der Waals surface area contributed by atoms with E-state index >= 15 is 0 Å². The van der Waals surface area contributed by atoms with Crippen molar-refractivity contribution in [1.29, 1.82) is 0 Å². The number of Topliss-reactive ketones (excluding diaryl/α,β-unsaturated/α-hetero) is 1. The van der Waals surface area contributed by atoms with Crippen molar-refractivity contribution in [3.8, 4) is 0 Å². The van der Waals surface area contributed by atoms with E-state index in [4.69, 9.17) is 4.74 Å². The van der Waals surface area contributed by atoms with Gasteiger partial charge in [0, 0.05) is 34.8 Å². The molecule has 1 unspecified atom stereocenters. The summed E-state index contributed by atoms with van der Waals surface area (Å²) in [6.07, 6.45) is 1.72. The van der Waals surface area contributed by atoms with Gasteiger partial charge in [-0.25, -0.2) is 4.39 Å². The molecule has 7 heteroatoms. The van der Waals surface area contributed by atoms with E-state index in [0.29, 0.717) is 5.56 Å². The maximum atomic E-state index is 13.4. The van der Waals surface area contributed by atoms with Crippen LogP contribution >= 0.6 is 0 Å².